The van der Waals surface area contributed by atoms with Crippen LogP contribution in [0.15, 0.2) is 152 Å². The van der Waals surface area contributed by atoms with Gasteiger partial charge >= 0.3 is 0 Å². The van der Waals surface area contributed by atoms with E-state index in [0.29, 0.717) is 13.2 Å². The van der Waals surface area contributed by atoms with Gasteiger partial charge in [-0.3, -0.25) is 0 Å². The minimum atomic E-state index is -1.88. The molecule has 1 fully saturated rings. The lowest BCUT2D eigenvalue weighted by atomic mass is 9.98. The number of hydrogen-bond acceptors (Lipinski definition) is 8. The summed E-state index contributed by atoms with van der Waals surface area (Å²) in [7, 11) is 0. The summed E-state index contributed by atoms with van der Waals surface area (Å²) in [4.78, 5) is 0. The van der Waals surface area contributed by atoms with Crippen molar-refractivity contribution in [2.75, 3.05) is 19.8 Å². The van der Waals surface area contributed by atoms with Crippen LogP contribution in [-0.2, 0) is 61.5 Å². The molecule has 0 saturated heterocycles. The average molecular weight is 705 g/mol. The van der Waals surface area contributed by atoms with Crippen LogP contribution >= 0.6 is 0 Å². The van der Waals surface area contributed by atoms with Crippen LogP contribution in [0.5, 0.6) is 0 Å². The highest BCUT2D eigenvalue weighted by molar-refractivity contribution is 5.19. The molecule has 5 aromatic carbocycles. The molecule has 8 heteroatoms. The first-order chi connectivity index (χ1) is 25.6. The molecule has 0 bridgehead atoms. The molecule has 1 unspecified atom stereocenters. The molecule has 1 aliphatic rings. The maximum Gasteiger partial charge on any atom is 0.145 e. The van der Waals surface area contributed by atoms with Crippen LogP contribution in [0.3, 0.4) is 0 Å². The standard InChI is InChI=1S/C44H48O8/c45-42-40(50-29-37-22-12-4-13-23-37)41(51-30-38-24-14-5-15-25-38)43(44(42,46)33-48-27-35-18-8-2-9-19-35)52-32-39(49-28-36-20-10-3-11-21-36)31-47-26-34-16-6-1-7-17-34/h1-25,39-43,45-46H,26-33H2/t39?,40-,41-,42+,43+,44+/m1/s1. The minimum absolute atomic E-state index is 0.0522. The van der Waals surface area contributed by atoms with Crippen LogP contribution in [0.4, 0.5) is 0 Å². The van der Waals surface area contributed by atoms with E-state index in [-0.39, 0.29) is 39.6 Å². The number of hydrogen-bond donors (Lipinski definition) is 2. The summed E-state index contributed by atoms with van der Waals surface area (Å²) in [6.45, 7) is 1.49. The fourth-order valence-electron chi connectivity index (χ4n) is 6.33. The molecule has 1 saturated carbocycles. The molecule has 0 spiro atoms. The van der Waals surface area contributed by atoms with E-state index >= 15 is 0 Å². The highest BCUT2D eigenvalue weighted by Gasteiger charge is 2.62. The summed E-state index contributed by atoms with van der Waals surface area (Å²) >= 11 is 0. The molecule has 5 aromatic rings. The topological polar surface area (TPSA) is 95.8 Å². The summed E-state index contributed by atoms with van der Waals surface area (Å²) in [6.07, 6.45) is -4.73. The van der Waals surface area contributed by atoms with Crippen molar-refractivity contribution in [3.63, 3.8) is 0 Å². The number of rotatable bonds is 20. The third-order valence-electron chi connectivity index (χ3n) is 9.16. The fourth-order valence-corrected chi connectivity index (χ4v) is 6.33. The first-order valence-corrected chi connectivity index (χ1v) is 17.8. The van der Waals surface area contributed by atoms with E-state index in [1.807, 2.05) is 152 Å². The van der Waals surface area contributed by atoms with Gasteiger partial charge in [0.1, 0.15) is 36.1 Å². The van der Waals surface area contributed by atoms with Crippen molar-refractivity contribution < 1.29 is 38.6 Å². The maximum absolute atomic E-state index is 12.4. The molecule has 272 valence electrons. The molecule has 0 aromatic heterocycles. The van der Waals surface area contributed by atoms with Crippen molar-refractivity contribution in [2.24, 2.45) is 0 Å². The Balaban J connectivity index is 1.23. The molecule has 0 amide bonds. The molecule has 6 atom stereocenters. The highest BCUT2D eigenvalue weighted by atomic mass is 16.6. The van der Waals surface area contributed by atoms with Gasteiger partial charge < -0.3 is 38.6 Å². The van der Waals surface area contributed by atoms with Crippen molar-refractivity contribution in [1.82, 2.24) is 0 Å². The summed E-state index contributed by atoms with van der Waals surface area (Å²) in [5, 5.41) is 24.4. The van der Waals surface area contributed by atoms with Crippen molar-refractivity contribution in [2.45, 2.75) is 69.2 Å². The summed E-state index contributed by atoms with van der Waals surface area (Å²) < 4.78 is 38.1. The Labute approximate surface area is 306 Å². The van der Waals surface area contributed by atoms with E-state index in [2.05, 4.69) is 0 Å². The Morgan fingerprint density at radius 3 is 1.35 bits per heavy atom. The zero-order valence-corrected chi connectivity index (χ0v) is 29.3. The van der Waals surface area contributed by atoms with E-state index < -0.39 is 36.1 Å². The van der Waals surface area contributed by atoms with Gasteiger partial charge in [0.15, 0.2) is 0 Å². The van der Waals surface area contributed by atoms with Crippen molar-refractivity contribution in [3.8, 4) is 0 Å². The molecular formula is C44H48O8. The van der Waals surface area contributed by atoms with E-state index in [9.17, 15) is 10.2 Å². The molecule has 0 heterocycles. The van der Waals surface area contributed by atoms with Gasteiger partial charge in [0.2, 0.25) is 0 Å². The van der Waals surface area contributed by atoms with Gasteiger partial charge in [0, 0.05) is 0 Å². The van der Waals surface area contributed by atoms with Gasteiger partial charge in [-0.1, -0.05) is 152 Å². The zero-order chi connectivity index (χ0) is 35.9. The first-order valence-electron chi connectivity index (χ1n) is 17.8. The first kappa shape index (κ1) is 37.5. The van der Waals surface area contributed by atoms with Crippen LogP contribution in [0.1, 0.15) is 27.8 Å². The van der Waals surface area contributed by atoms with Gasteiger partial charge in [0.25, 0.3) is 0 Å². The number of ether oxygens (including phenoxy) is 6. The third-order valence-corrected chi connectivity index (χ3v) is 9.16. The number of benzene rings is 5. The molecule has 0 radical (unpaired) electrons. The smallest absolute Gasteiger partial charge is 0.145 e. The van der Waals surface area contributed by atoms with Crippen molar-refractivity contribution in [1.29, 1.82) is 0 Å². The van der Waals surface area contributed by atoms with Gasteiger partial charge in [0.05, 0.1) is 52.9 Å². The Morgan fingerprint density at radius 2 is 0.865 bits per heavy atom. The normalized spacial score (nSPS) is 22.0. The SMILES string of the molecule is O[C@H]1[C@H](OCc2ccccc2)[C@@H](OCc2ccccc2)[C@H](OCC(COCc2ccccc2)OCc2ccccc2)[C@]1(O)COCc1ccccc1. The van der Waals surface area contributed by atoms with Crippen molar-refractivity contribution in [3.05, 3.63) is 179 Å². The highest BCUT2D eigenvalue weighted by Crippen LogP contribution is 2.39. The number of aliphatic hydroxyl groups excluding tert-OH is 1. The second-order valence-corrected chi connectivity index (χ2v) is 13.1. The Morgan fingerprint density at radius 1 is 0.462 bits per heavy atom. The van der Waals surface area contributed by atoms with E-state index in [4.69, 9.17) is 28.4 Å². The Bertz CT molecular complexity index is 1690. The molecular weight excluding hydrogens is 656 g/mol. The summed E-state index contributed by atoms with van der Waals surface area (Å²) in [6, 6.07) is 49.0. The lowest BCUT2D eigenvalue weighted by molar-refractivity contribution is -0.197. The van der Waals surface area contributed by atoms with Gasteiger partial charge in [-0.2, -0.15) is 0 Å². The van der Waals surface area contributed by atoms with Crippen LogP contribution < -0.4 is 0 Å². The molecule has 0 aliphatic heterocycles. The summed E-state index contributed by atoms with van der Waals surface area (Å²) in [5.74, 6) is 0. The second-order valence-electron chi connectivity index (χ2n) is 13.1. The number of aliphatic hydroxyl groups is 2. The predicted octanol–water partition coefficient (Wildman–Crippen LogP) is 6.67. The molecule has 2 N–H and O–H groups in total. The Kier molecular flexibility index (Phi) is 14.1. The van der Waals surface area contributed by atoms with Crippen LogP contribution in [0.2, 0.25) is 0 Å². The van der Waals surface area contributed by atoms with Crippen LogP contribution in [-0.4, -0.2) is 66.2 Å². The molecule has 52 heavy (non-hydrogen) atoms. The van der Waals surface area contributed by atoms with Crippen molar-refractivity contribution >= 4 is 0 Å². The molecule has 8 nitrogen and oxygen atoms in total. The predicted molar refractivity (Wildman–Crippen MR) is 198 cm³/mol. The van der Waals surface area contributed by atoms with Gasteiger partial charge in [-0.25, -0.2) is 0 Å². The zero-order valence-electron chi connectivity index (χ0n) is 29.3. The average Bonchev–Trinajstić information content (AvgIpc) is 3.39. The van der Waals surface area contributed by atoms with Crippen LogP contribution in [0, 0.1) is 0 Å². The molecule has 1 aliphatic carbocycles. The third kappa shape index (κ3) is 10.7. The maximum atomic E-state index is 12.4. The lowest BCUT2D eigenvalue weighted by Gasteiger charge is -2.34. The van der Waals surface area contributed by atoms with E-state index in [0.717, 1.165) is 27.8 Å². The van der Waals surface area contributed by atoms with E-state index in [1.54, 1.807) is 0 Å². The monoisotopic (exact) mass is 704 g/mol. The van der Waals surface area contributed by atoms with Gasteiger partial charge in [-0.05, 0) is 27.8 Å². The lowest BCUT2D eigenvalue weighted by Crippen LogP contribution is -2.54. The minimum Gasteiger partial charge on any atom is -0.387 e. The second kappa shape index (κ2) is 19.6. The largest absolute Gasteiger partial charge is 0.387 e. The quantitative estimate of drug-likeness (QED) is 0.0929. The van der Waals surface area contributed by atoms with Gasteiger partial charge in [-0.15, -0.1) is 0 Å². The molecule has 6 rings (SSSR count). The van der Waals surface area contributed by atoms with Crippen LogP contribution in [0.25, 0.3) is 0 Å². The fraction of sp³-hybridized carbons (Fsp3) is 0.318. The van der Waals surface area contributed by atoms with E-state index in [1.165, 1.54) is 0 Å². The summed E-state index contributed by atoms with van der Waals surface area (Å²) in [5.41, 5.74) is 2.97. The Hall–Kier alpha value is -4.22.